The number of benzene rings is 3. The predicted molar refractivity (Wildman–Crippen MR) is 171 cm³/mol. The van der Waals surface area contributed by atoms with Crippen LogP contribution in [-0.2, 0) is 16.7 Å². The lowest BCUT2D eigenvalue weighted by atomic mass is 10.00. The van der Waals surface area contributed by atoms with Gasteiger partial charge in [0.05, 0.1) is 46.8 Å². The van der Waals surface area contributed by atoms with Gasteiger partial charge in [0.25, 0.3) is 5.91 Å². The smallest absolute Gasteiger partial charge is 0.255 e. The molecule has 9 nitrogen and oxygen atoms in total. The average molecular weight is 628 g/mol. The number of pyridine rings is 1. The zero-order valence-electron chi connectivity index (χ0n) is 24.7. The zero-order valence-corrected chi connectivity index (χ0v) is 25.5. The Hall–Kier alpha value is -5.23. The van der Waals surface area contributed by atoms with Gasteiger partial charge in [-0.25, -0.2) is 22.2 Å². The number of hydrogen-bond acceptors (Lipinski definition) is 6. The zero-order chi connectivity index (χ0) is 31.8. The molecule has 45 heavy (non-hydrogen) atoms. The van der Waals surface area contributed by atoms with Gasteiger partial charge >= 0.3 is 0 Å². The minimum Gasteiger partial charge on any atom is -0.455 e. The van der Waals surface area contributed by atoms with Gasteiger partial charge in [0, 0.05) is 49.1 Å². The quantitative estimate of drug-likeness (QED) is 0.244. The molecule has 0 spiro atoms. The normalized spacial score (nSPS) is 12.8. The lowest BCUT2D eigenvalue weighted by Crippen LogP contribution is -2.27. The maximum absolute atomic E-state index is 14.8. The van der Waals surface area contributed by atoms with Gasteiger partial charge in [-0.15, -0.1) is 0 Å². The number of nitrogens with zero attached hydrogens (tertiary/aromatic N) is 4. The molecule has 0 aliphatic carbocycles. The molecule has 228 valence electrons. The van der Waals surface area contributed by atoms with Gasteiger partial charge in [0.2, 0.25) is 10.0 Å². The number of carbonyl (C=O) groups excluding carboxylic acids is 1. The van der Waals surface area contributed by atoms with E-state index in [1.165, 1.54) is 44.4 Å². The van der Waals surface area contributed by atoms with E-state index in [2.05, 4.69) is 5.32 Å². The highest BCUT2D eigenvalue weighted by Crippen LogP contribution is 2.44. The highest BCUT2D eigenvalue weighted by atomic mass is 32.2. The van der Waals surface area contributed by atoms with Crippen LogP contribution in [0.5, 0.6) is 0 Å². The predicted octanol–water partition coefficient (Wildman–Crippen LogP) is 6.22. The van der Waals surface area contributed by atoms with Crippen LogP contribution in [0.25, 0.3) is 55.8 Å². The van der Waals surface area contributed by atoms with Crippen molar-refractivity contribution in [1.82, 2.24) is 14.9 Å². The Balaban J connectivity index is 1.51. The van der Waals surface area contributed by atoms with E-state index in [1.807, 2.05) is 28.6 Å². The lowest BCUT2D eigenvalue weighted by Gasteiger charge is -2.30. The highest BCUT2D eigenvalue weighted by Gasteiger charge is 2.29. The van der Waals surface area contributed by atoms with Crippen molar-refractivity contribution in [3.05, 3.63) is 90.0 Å². The number of amides is 1. The van der Waals surface area contributed by atoms with Gasteiger partial charge in [-0.3, -0.25) is 9.10 Å². The van der Waals surface area contributed by atoms with E-state index in [-0.39, 0.29) is 28.4 Å². The maximum Gasteiger partial charge on any atom is 0.255 e. The van der Waals surface area contributed by atoms with Crippen molar-refractivity contribution in [1.29, 1.82) is 0 Å². The highest BCUT2D eigenvalue weighted by molar-refractivity contribution is 7.92. The van der Waals surface area contributed by atoms with Crippen LogP contribution in [0.3, 0.4) is 0 Å². The van der Waals surface area contributed by atoms with Gasteiger partial charge in [0.1, 0.15) is 28.7 Å². The minimum absolute atomic E-state index is 0.209. The summed E-state index contributed by atoms with van der Waals surface area (Å²) in [6.45, 7) is 0.487. The molecule has 6 aromatic rings. The third-order valence-electron chi connectivity index (χ3n) is 8.25. The Morgan fingerprint density at radius 1 is 1.02 bits per heavy atom. The monoisotopic (exact) mass is 627 g/mol. The second kappa shape index (κ2) is 10.2. The topological polar surface area (TPSA) is 101 Å². The summed E-state index contributed by atoms with van der Waals surface area (Å²) in [7, 11) is 1.09. The first-order valence-electron chi connectivity index (χ1n) is 14.0. The number of nitrogens with one attached hydrogen (secondary N) is 1. The van der Waals surface area contributed by atoms with Crippen molar-refractivity contribution in [3.63, 3.8) is 0 Å². The number of anilines is 2. The number of halogens is 2. The van der Waals surface area contributed by atoms with Gasteiger partial charge in [-0.1, -0.05) is 6.07 Å². The third-order valence-corrected chi connectivity index (χ3v) is 9.45. The van der Waals surface area contributed by atoms with Crippen LogP contribution in [0.2, 0.25) is 0 Å². The van der Waals surface area contributed by atoms with Crippen LogP contribution >= 0.6 is 0 Å². The van der Waals surface area contributed by atoms with E-state index >= 15 is 0 Å². The van der Waals surface area contributed by atoms with Crippen LogP contribution < -0.4 is 14.5 Å². The van der Waals surface area contributed by atoms with Crippen molar-refractivity contribution < 1.29 is 26.4 Å². The molecule has 1 aliphatic rings. The molecule has 0 bridgehead atoms. The third kappa shape index (κ3) is 4.51. The molecule has 3 aromatic heterocycles. The largest absolute Gasteiger partial charge is 0.455 e. The number of sulfonamides is 1. The fraction of sp³-hybridized carbons (Fsp3) is 0.152. The maximum atomic E-state index is 14.8. The Bertz CT molecular complexity index is 2290. The molecule has 0 fully saturated rings. The number of aromatic nitrogens is 2. The summed E-state index contributed by atoms with van der Waals surface area (Å²) in [4.78, 5) is 20.3. The summed E-state index contributed by atoms with van der Waals surface area (Å²) in [5, 5.41) is 3.53. The van der Waals surface area contributed by atoms with Gasteiger partial charge in [-0.05, 0) is 60.7 Å². The van der Waals surface area contributed by atoms with Crippen LogP contribution in [0.15, 0.2) is 77.2 Å². The van der Waals surface area contributed by atoms with Crippen LogP contribution in [0, 0.1) is 11.6 Å². The SMILES string of the molecule is CNC(=O)c1c(-c2ccc(F)cc2)oc2cc(N(C)S(C)(=O)=O)c(-c3ccc4c(n3)-c3cc5c(F)cccc5n3CN4C)cc12. The number of carbonyl (C=O) groups is 1. The van der Waals surface area contributed by atoms with Crippen molar-refractivity contribution in [2.45, 2.75) is 6.67 Å². The summed E-state index contributed by atoms with van der Waals surface area (Å²) < 4.78 is 63.5. The number of furan rings is 1. The van der Waals surface area contributed by atoms with Crippen molar-refractivity contribution in [2.24, 2.45) is 0 Å². The second-order valence-electron chi connectivity index (χ2n) is 11.0. The first-order valence-corrected chi connectivity index (χ1v) is 15.8. The lowest BCUT2D eigenvalue weighted by molar-refractivity contribution is 0.0964. The first-order chi connectivity index (χ1) is 21.5. The molecule has 0 unspecified atom stereocenters. The summed E-state index contributed by atoms with van der Waals surface area (Å²) >= 11 is 0. The Kier molecular flexibility index (Phi) is 6.44. The second-order valence-corrected chi connectivity index (χ2v) is 13.0. The van der Waals surface area contributed by atoms with E-state index in [0.29, 0.717) is 40.0 Å². The Labute approximate surface area is 257 Å². The molecule has 0 radical (unpaired) electrons. The fourth-order valence-electron chi connectivity index (χ4n) is 5.91. The molecular weight excluding hydrogens is 600 g/mol. The van der Waals surface area contributed by atoms with E-state index in [0.717, 1.165) is 27.5 Å². The van der Waals surface area contributed by atoms with Gasteiger partial charge in [0.15, 0.2) is 0 Å². The fourth-order valence-corrected chi connectivity index (χ4v) is 6.42. The molecule has 3 aromatic carbocycles. The van der Waals surface area contributed by atoms with Crippen LogP contribution in [0.1, 0.15) is 10.4 Å². The summed E-state index contributed by atoms with van der Waals surface area (Å²) in [5.74, 6) is -1.01. The van der Waals surface area contributed by atoms with E-state index in [4.69, 9.17) is 9.40 Å². The van der Waals surface area contributed by atoms with Crippen molar-refractivity contribution in [3.8, 4) is 34.0 Å². The molecule has 12 heteroatoms. The Morgan fingerprint density at radius 3 is 2.49 bits per heavy atom. The molecule has 1 aliphatic heterocycles. The average Bonchev–Trinajstić information content (AvgIpc) is 3.59. The molecule has 0 saturated carbocycles. The molecule has 0 saturated heterocycles. The standard InChI is InChI=1S/C33H27F2N5O4S/c1-36-33(41)30-22-14-21(27(39(3)45(4,42)43)16-29(22)44-32(30)18-8-10-19(34)11-9-18)24-12-13-26-31(37-24)28-15-20-23(35)6-5-7-25(20)40(28)17-38(26)2/h5-16H,17H2,1-4H3,(H,36,41). The molecule has 1 N–H and O–H groups in total. The van der Waals surface area contributed by atoms with Crippen LogP contribution in [-0.4, -0.2) is 51.3 Å². The first kappa shape index (κ1) is 28.5. The van der Waals surface area contributed by atoms with Crippen molar-refractivity contribution in [2.75, 3.05) is 36.6 Å². The van der Waals surface area contributed by atoms with E-state index in [9.17, 15) is 22.0 Å². The summed E-state index contributed by atoms with van der Waals surface area (Å²) in [6, 6.07) is 19.2. The van der Waals surface area contributed by atoms with Gasteiger partial charge in [-0.2, -0.15) is 0 Å². The molecule has 4 heterocycles. The summed E-state index contributed by atoms with van der Waals surface area (Å²) in [6.07, 6.45) is 1.09. The van der Waals surface area contributed by atoms with E-state index in [1.54, 1.807) is 30.3 Å². The Morgan fingerprint density at radius 2 is 1.78 bits per heavy atom. The molecule has 7 rings (SSSR count). The summed E-state index contributed by atoms with van der Waals surface area (Å²) in [5.41, 5.74) is 4.94. The number of rotatable bonds is 5. The van der Waals surface area contributed by atoms with Crippen molar-refractivity contribution >= 4 is 49.2 Å². The number of hydrogen-bond donors (Lipinski definition) is 1. The molecular formula is C33H27F2N5O4S. The molecule has 0 atom stereocenters. The van der Waals surface area contributed by atoms with Crippen LogP contribution in [0.4, 0.5) is 20.2 Å². The van der Waals surface area contributed by atoms with Gasteiger partial charge < -0.3 is 19.2 Å². The molecule has 1 amide bonds. The number of fused-ring (bicyclic) bond motifs is 6. The van der Waals surface area contributed by atoms with E-state index < -0.39 is 21.7 Å². The minimum atomic E-state index is -3.74.